The number of sulfonamides is 1. The second-order valence-corrected chi connectivity index (χ2v) is 9.10. The number of hydrogen-bond acceptors (Lipinski definition) is 4. The van der Waals surface area contributed by atoms with Crippen molar-refractivity contribution >= 4 is 15.9 Å². The van der Waals surface area contributed by atoms with E-state index in [1.165, 1.54) is 16.4 Å². The van der Waals surface area contributed by atoms with Crippen LogP contribution >= 0.6 is 0 Å². The van der Waals surface area contributed by atoms with Crippen LogP contribution in [-0.2, 0) is 21.4 Å². The Balaban J connectivity index is 1.80. The molecule has 0 atom stereocenters. The number of carbonyl (C=O) groups is 1. The fourth-order valence-electron chi connectivity index (χ4n) is 3.30. The van der Waals surface area contributed by atoms with Crippen LogP contribution in [0.2, 0.25) is 0 Å². The van der Waals surface area contributed by atoms with Gasteiger partial charge in [0.25, 0.3) is 0 Å². The monoisotopic (exact) mass is 419 g/mol. The first-order valence-electron chi connectivity index (χ1n) is 9.66. The summed E-state index contributed by atoms with van der Waals surface area (Å²) in [5.41, 5.74) is 1.50. The van der Waals surface area contributed by atoms with Crippen LogP contribution in [0.15, 0.2) is 53.4 Å². The maximum atomic E-state index is 13.3. The Bertz CT molecular complexity index is 942. The molecule has 2 aromatic carbocycles. The van der Waals surface area contributed by atoms with Crippen molar-refractivity contribution in [2.75, 3.05) is 32.7 Å². The molecule has 0 aromatic heterocycles. The largest absolute Gasteiger partial charge is 0.340 e. The molecule has 0 saturated carbocycles. The van der Waals surface area contributed by atoms with Crippen molar-refractivity contribution in [1.82, 2.24) is 14.5 Å². The van der Waals surface area contributed by atoms with Crippen molar-refractivity contribution in [3.05, 3.63) is 65.5 Å². The molecule has 1 aliphatic heterocycles. The number of aryl methyl sites for hydroxylation is 1. The predicted octanol–water partition coefficient (Wildman–Crippen LogP) is 2.15. The lowest BCUT2D eigenvalue weighted by atomic mass is 10.2. The van der Waals surface area contributed by atoms with Gasteiger partial charge in [-0.2, -0.15) is 4.31 Å². The van der Waals surface area contributed by atoms with E-state index in [0.717, 1.165) is 18.7 Å². The minimum absolute atomic E-state index is 0.0601. The summed E-state index contributed by atoms with van der Waals surface area (Å²) >= 11 is 0. The average molecular weight is 420 g/mol. The molecule has 0 spiro atoms. The lowest BCUT2D eigenvalue weighted by Gasteiger charge is -2.29. The summed E-state index contributed by atoms with van der Waals surface area (Å²) in [5, 5.41) is 3.19. The molecule has 3 rings (SSSR count). The number of piperazine rings is 1. The van der Waals surface area contributed by atoms with Crippen LogP contribution in [0.25, 0.3) is 0 Å². The second kappa shape index (κ2) is 9.47. The highest BCUT2D eigenvalue weighted by Gasteiger charge is 2.26. The topological polar surface area (TPSA) is 69.7 Å². The number of carbonyl (C=O) groups excluding carboxylic acids is 1. The summed E-state index contributed by atoms with van der Waals surface area (Å²) < 4.78 is 41.1. The van der Waals surface area contributed by atoms with E-state index in [-0.39, 0.29) is 36.1 Å². The molecule has 1 fully saturated rings. The average Bonchev–Trinajstić information content (AvgIpc) is 2.72. The summed E-state index contributed by atoms with van der Waals surface area (Å²) in [5.74, 6) is -0.439. The molecule has 1 N–H and O–H groups in total. The van der Waals surface area contributed by atoms with Crippen LogP contribution in [0.3, 0.4) is 0 Å². The van der Waals surface area contributed by atoms with Gasteiger partial charge in [0.1, 0.15) is 5.82 Å². The van der Waals surface area contributed by atoms with Crippen molar-refractivity contribution in [3.63, 3.8) is 0 Å². The van der Waals surface area contributed by atoms with E-state index in [0.29, 0.717) is 18.7 Å². The Hall–Kier alpha value is -2.29. The quantitative estimate of drug-likeness (QED) is 0.747. The third kappa shape index (κ3) is 5.62. The highest BCUT2D eigenvalue weighted by Crippen LogP contribution is 2.20. The van der Waals surface area contributed by atoms with E-state index in [4.69, 9.17) is 0 Å². The summed E-state index contributed by atoms with van der Waals surface area (Å²) in [7, 11) is -3.80. The van der Waals surface area contributed by atoms with E-state index < -0.39 is 10.0 Å². The van der Waals surface area contributed by atoms with Gasteiger partial charge in [-0.3, -0.25) is 4.79 Å². The van der Waals surface area contributed by atoms with Crippen molar-refractivity contribution < 1.29 is 17.6 Å². The van der Waals surface area contributed by atoms with E-state index in [1.54, 1.807) is 35.2 Å². The van der Waals surface area contributed by atoms with E-state index in [9.17, 15) is 17.6 Å². The van der Waals surface area contributed by atoms with Crippen LogP contribution in [0.4, 0.5) is 4.39 Å². The molecule has 0 aliphatic carbocycles. The highest BCUT2D eigenvalue weighted by atomic mass is 32.2. The number of nitrogens with one attached hydrogen (secondary N) is 1. The van der Waals surface area contributed by atoms with Gasteiger partial charge in [0.2, 0.25) is 15.9 Å². The Morgan fingerprint density at radius 1 is 1.14 bits per heavy atom. The molecule has 6 nitrogen and oxygen atoms in total. The van der Waals surface area contributed by atoms with E-state index in [1.807, 2.05) is 13.0 Å². The minimum atomic E-state index is -3.80. The molecule has 1 saturated heterocycles. The van der Waals surface area contributed by atoms with Gasteiger partial charge in [0.05, 0.1) is 4.90 Å². The molecule has 2 aromatic rings. The van der Waals surface area contributed by atoms with E-state index in [2.05, 4.69) is 5.32 Å². The molecular weight excluding hydrogens is 393 g/mol. The number of nitrogens with zero attached hydrogens (tertiary/aromatic N) is 2. The fraction of sp³-hybridized carbons (Fsp3) is 0.381. The lowest BCUT2D eigenvalue weighted by Crippen LogP contribution is -2.47. The zero-order valence-corrected chi connectivity index (χ0v) is 17.3. The van der Waals surface area contributed by atoms with Crippen molar-refractivity contribution in [2.45, 2.75) is 24.8 Å². The molecule has 1 aliphatic rings. The normalized spacial score (nSPS) is 14.9. The Labute approximate surface area is 171 Å². The molecule has 29 heavy (non-hydrogen) atoms. The zero-order valence-electron chi connectivity index (χ0n) is 16.5. The van der Waals surface area contributed by atoms with Crippen LogP contribution in [0.1, 0.15) is 17.5 Å². The zero-order chi connectivity index (χ0) is 20.9. The molecule has 0 unspecified atom stereocenters. The maximum Gasteiger partial charge on any atom is 0.243 e. The molecule has 0 radical (unpaired) electrons. The Morgan fingerprint density at radius 2 is 1.83 bits per heavy atom. The standard InChI is InChI=1S/C21H26FN3O3S/c1-17-3-2-4-20(15-17)29(27,28)25(16-18-5-7-19(22)8-6-18)12-9-21(26)24-13-10-23-11-14-24/h2-8,15,23H,9-14,16H2,1H3. The molecule has 156 valence electrons. The van der Waals surface area contributed by atoms with Gasteiger partial charge in [-0.1, -0.05) is 24.3 Å². The number of amides is 1. The molecule has 1 heterocycles. The second-order valence-electron chi connectivity index (χ2n) is 7.16. The number of benzene rings is 2. The Kier molecular flexibility index (Phi) is 7.00. The van der Waals surface area contributed by atoms with Crippen molar-refractivity contribution in [3.8, 4) is 0 Å². The van der Waals surface area contributed by atoms with Gasteiger partial charge in [0.15, 0.2) is 0 Å². The Morgan fingerprint density at radius 3 is 2.48 bits per heavy atom. The highest BCUT2D eigenvalue weighted by molar-refractivity contribution is 7.89. The van der Waals surface area contributed by atoms with Crippen LogP contribution in [0, 0.1) is 12.7 Å². The van der Waals surface area contributed by atoms with Gasteiger partial charge in [-0.15, -0.1) is 0 Å². The number of rotatable bonds is 7. The van der Waals surface area contributed by atoms with Gasteiger partial charge in [0, 0.05) is 45.7 Å². The minimum Gasteiger partial charge on any atom is -0.340 e. The van der Waals surface area contributed by atoms with Crippen molar-refractivity contribution in [2.24, 2.45) is 0 Å². The molecule has 8 heteroatoms. The lowest BCUT2D eigenvalue weighted by molar-refractivity contribution is -0.131. The van der Waals surface area contributed by atoms with Gasteiger partial charge < -0.3 is 10.2 Å². The number of hydrogen-bond donors (Lipinski definition) is 1. The summed E-state index contributed by atoms with van der Waals surface area (Å²) in [4.78, 5) is 14.5. The first-order valence-corrected chi connectivity index (χ1v) is 11.1. The van der Waals surface area contributed by atoms with Crippen LogP contribution in [-0.4, -0.2) is 56.3 Å². The van der Waals surface area contributed by atoms with Gasteiger partial charge in [-0.25, -0.2) is 12.8 Å². The van der Waals surface area contributed by atoms with Crippen LogP contribution in [0.5, 0.6) is 0 Å². The first kappa shape index (κ1) is 21.4. The third-order valence-electron chi connectivity index (χ3n) is 4.94. The summed E-state index contributed by atoms with van der Waals surface area (Å²) in [6, 6.07) is 12.4. The smallest absolute Gasteiger partial charge is 0.243 e. The van der Waals surface area contributed by atoms with Crippen LogP contribution < -0.4 is 5.32 Å². The summed E-state index contributed by atoms with van der Waals surface area (Å²) in [6.45, 7) is 4.71. The SMILES string of the molecule is Cc1cccc(S(=O)(=O)N(CCC(=O)N2CCNCC2)Cc2ccc(F)cc2)c1. The molecule has 0 bridgehead atoms. The van der Waals surface area contributed by atoms with Crippen molar-refractivity contribution in [1.29, 1.82) is 0 Å². The summed E-state index contributed by atoms with van der Waals surface area (Å²) in [6.07, 6.45) is 0.103. The third-order valence-corrected chi connectivity index (χ3v) is 6.79. The van der Waals surface area contributed by atoms with Gasteiger partial charge in [-0.05, 0) is 42.3 Å². The number of halogens is 1. The fourth-order valence-corrected chi connectivity index (χ4v) is 4.83. The predicted molar refractivity (Wildman–Crippen MR) is 109 cm³/mol. The molecular formula is C21H26FN3O3S. The molecule has 1 amide bonds. The maximum absolute atomic E-state index is 13.3. The van der Waals surface area contributed by atoms with E-state index >= 15 is 0 Å². The van der Waals surface area contributed by atoms with Gasteiger partial charge >= 0.3 is 0 Å². The first-order chi connectivity index (χ1) is 13.9.